The van der Waals surface area contributed by atoms with Crippen LogP contribution in [0.4, 0.5) is 4.39 Å². The first kappa shape index (κ1) is 59.0. The van der Waals surface area contributed by atoms with Crippen molar-refractivity contribution in [1.82, 2.24) is 4.98 Å². The van der Waals surface area contributed by atoms with Crippen LogP contribution in [0.25, 0.3) is 0 Å². The van der Waals surface area contributed by atoms with Gasteiger partial charge in [0, 0.05) is 11.9 Å². The SMILES string of the molecule is CC(C)C.CC(C)Cc1ccccc1.CC(C)c1ccc(F)cc1.CC(C)c1ccccc1.COc1ccc(C(C)C)cc1.Cc1ccc(C(C)C)cc1.Cc1ccc(C(C)C)nc1. The minimum atomic E-state index is -0.163. The third-order valence-electron chi connectivity index (χ3n) is 9.54. The number of pyridine rings is 1. The third kappa shape index (κ3) is 30.1. The van der Waals surface area contributed by atoms with Gasteiger partial charge in [0.2, 0.25) is 0 Å². The summed E-state index contributed by atoms with van der Waals surface area (Å²) in [4.78, 5) is 4.28. The molecule has 0 fully saturated rings. The Morgan fingerprint density at radius 1 is 0.422 bits per heavy atom. The zero-order chi connectivity index (χ0) is 48.6. The maximum Gasteiger partial charge on any atom is 0.123 e. The van der Waals surface area contributed by atoms with Gasteiger partial charge in [-0.1, -0.05) is 225 Å². The van der Waals surface area contributed by atoms with Crippen LogP contribution in [0.2, 0.25) is 0 Å². The van der Waals surface area contributed by atoms with Crippen molar-refractivity contribution in [3.05, 3.63) is 202 Å². The average molecular weight is 870 g/mol. The second-order valence-electron chi connectivity index (χ2n) is 19.0. The Kier molecular flexibility index (Phi) is 31.7. The van der Waals surface area contributed by atoms with Gasteiger partial charge in [0.1, 0.15) is 11.6 Å². The van der Waals surface area contributed by atoms with Crippen LogP contribution in [-0.4, -0.2) is 12.1 Å². The summed E-state index contributed by atoms with van der Waals surface area (Å²) < 4.78 is 17.4. The van der Waals surface area contributed by atoms with Gasteiger partial charge >= 0.3 is 0 Å². The summed E-state index contributed by atoms with van der Waals surface area (Å²) in [5, 5.41) is 0. The van der Waals surface area contributed by atoms with E-state index in [0.717, 1.165) is 17.6 Å². The van der Waals surface area contributed by atoms with E-state index in [1.165, 1.54) is 63.2 Å². The van der Waals surface area contributed by atoms with Gasteiger partial charge in [-0.05, 0) is 125 Å². The van der Waals surface area contributed by atoms with E-state index in [0.29, 0.717) is 29.6 Å². The first-order valence-electron chi connectivity index (χ1n) is 23.6. The summed E-state index contributed by atoms with van der Waals surface area (Å²) in [5.41, 5.74) is 10.5. The molecule has 0 atom stereocenters. The molecule has 0 saturated heterocycles. The molecule has 0 aliphatic rings. The van der Waals surface area contributed by atoms with Gasteiger partial charge in [-0.15, -0.1) is 0 Å². The largest absolute Gasteiger partial charge is 0.497 e. The van der Waals surface area contributed by atoms with Crippen LogP contribution in [0.1, 0.15) is 178 Å². The maximum atomic E-state index is 12.4. The van der Waals surface area contributed by atoms with Crippen LogP contribution >= 0.6 is 0 Å². The molecule has 2 nitrogen and oxygen atoms in total. The van der Waals surface area contributed by atoms with Gasteiger partial charge in [0.15, 0.2) is 0 Å². The fourth-order valence-corrected chi connectivity index (χ4v) is 5.53. The maximum absolute atomic E-state index is 12.4. The van der Waals surface area contributed by atoms with Crippen molar-refractivity contribution in [3.8, 4) is 5.75 Å². The summed E-state index contributed by atoms with van der Waals surface area (Å²) >= 11 is 0. The van der Waals surface area contributed by atoms with E-state index in [-0.39, 0.29) is 5.82 Å². The Hall–Kier alpha value is -5.02. The molecule has 0 N–H and O–H groups in total. The van der Waals surface area contributed by atoms with Crippen LogP contribution < -0.4 is 4.74 Å². The van der Waals surface area contributed by atoms with Crippen molar-refractivity contribution < 1.29 is 9.13 Å². The van der Waals surface area contributed by atoms with E-state index in [1.54, 1.807) is 7.11 Å². The van der Waals surface area contributed by atoms with E-state index in [4.69, 9.17) is 4.74 Å². The Labute approximate surface area is 393 Å². The minimum Gasteiger partial charge on any atom is -0.497 e. The average Bonchev–Trinajstić information content (AvgIpc) is 3.25. The number of aryl methyl sites for hydroxylation is 2. The topological polar surface area (TPSA) is 22.1 Å². The highest BCUT2D eigenvalue weighted by atomic mass is 19.1. The number of rotatable bonds is 8. The normalized spacial score (nSPS) is 10.2. The third-order valence-corrected chi connectivity index (χ3v) is 9.54. The number of aromatic nitrogens is 1. The monoisotopic (exact) mass is 870 g/mol. The molecule has 0 unspecified atom stereocenters. The van der Waals surface area contributed by atoms with Crippen LogP contribution in [-0.2, 0) is 6.42 Å². The molecule has 0 spiro atoms. The molecule has 0 saturated carbocycles. The lowest BCUT2D eigenvalue weighted by atomic mass is 10.0. The van der Waals surface area contributed by atoms with Crippen LogP contribution in [0.15, 0.2) is 152 Å². The van der Waals surface area contributed by atoms with Gasteiger partial charge in [-0.25, -0.2) is 4.39 Å². The van der Waals surface area contributed by atoms with Crippen LogP contribution in [0.3, 0.4) is 0 Å². The van der Waals surface area contributed by atoms with E-state index in [1.807, 2.05) is 36.5 Å². The molecule has 350 valence electrons. The van der Waals surface area contributed by atoms with Crippen molar-refractivity contribution in [2.75, 3.05) is 7.11 Å². The van der Waals surface area contributed by atoms with E-state index >= 15 is 0 Å². The van der Waals surface area contributed by atoms with Gasteiger partial charge in [0.05, 0.1) is 7.11 Å². The fraction of sp³-hybridized carbons (Fsp3) is 0.426. The highest BCUT2D eigenvalue weighted by Gasteiger charge is 2.00. The molecule has 0 radical (unpaired) electrons. The van der Waals surface area contributed by atoms with Gasteiger partial charge in [0.25, 0.3) is 0 Å². The quantitative estimate of drug-likeness (QED) is 0.152. The lowest BCUT2D eigenvalue weighted by Crippen LogP contribution is -1.92. The van der Waals surface area contributed by atoms with Crippen LogP contribution in [0.5, 0.6) is 5.75 Å². The Morgan fingerprint density at radius 2 is 0.781 bits per heavy atom. The molecule has 1 aromatic heterocycles. The molecule has 6 aromatic rings. The van der Waals surface area contributed by atoms with Crippen molar-refractivity contribution >= 4 is 0 Å². The van der Waals surface area contributed by atoms with Crippen molar-refractivity contribution in [1.29, 1.82) is 0 Å². The van der Waals surface area contributed by atoms with Crippen molar-refractivity contribution in [2.45, 2.75) is 154 Å². The van der Waals surface area contributed by atoms with Gasteiger partial charge in [-0.2, -0.15) is 0 Å². The molecule has 3 heteroatoms. The molecular weight excluding hydrogens is 782 g/mol. The van der Waals surface area contributed by atoms with Crippen molar-refractivity contribution in [3.63, 3.8) is 0 Å². The van der Waals surface area contributed by atoms with E-state index in [2.05, 4.69) is 226 Å². The first-order chi connectivity index (χ1) is 30.2. The number of nitrogens with zero attached hydrogens (tertiary/aromatic N) is 1. The number of benzene rings is 5. The molecule has 0 bridgehead atoms. The molecule has 64 heavy (non-hydrogen) atoms. The number of ether oxygens (including phenoxy) is 1. The number of halogens is 1. The highest BCUT2D eigenvalue weighted by Crippen LogP contribution is 2.18. The number of hydrogen-bond acceptors (Lipinski definition) is 2. The summed E-state index contributed by atoms with van der Waals surface area (Å²) in [7, 11) is 1.68. The zero-order valence-electron chi connectivity index (χ0n) is 43.4. The lowest BCUT2D eigenvalue weighted by molar-refractivity contribution is 0.414. The van der Waals surface area contributed by atoms with E-state index < -0.39 is 0 Å². The molecule has 6 rings (SSSR count). The predicted octanol–water partition coefficient (Wildman–Crippen LogP) is 18.8. The predicted molar refractivity (Wildman–Crippen MR) is 282 cm³/mol. The summed E-state index contributed by atoms with van der Waals surface area (Å²) in [6, 6.07) is 48.8. The standard InChI is InChI=1S/C10H14O.2C10H14.C9H11F.C9H13N.C9H12.C4H10/c1-8(2)9-4-6-10(11-3)7-5-9;1-8(2)10-6-4-9(3)5-7-10;1-9(2)8-10-6-4-3-5-7-10;1-7(2)8-3-5-9(10)6-4-8;1-7(2)9-5-4-8(3)6-10-9;1-8(2)9-6-4-3-5-7-9;1-4(2)3/h4-8H,1-3H3;4-8H,1-3H3;3-7,9H,8H2,1-2H3;3-7H,1-2H3;4-7H,1-3H3;3-8H,1-2H3;4H,1-3H3. The first-order valence-corrected chi connectivity index (χ1v) is 23.6. The number of methoxy groups -OCH3 is 1. The Bertz CT molecular complexity index is 1820. The molecular formula is C61H88FNO. The molecule has 0 aliphatic heterocycles. The Balaban J connectivity index is 0.000000732. The second kappa shape index (κ2) is 34.4. The molecule has 0 aliphatic carbocycles. The van der Waals surface area contributed by atoms with Gasteiger partial charge in [-0.3, -0.25) is 4.98 Å². The fourth-order valence-electron chi connectivity index (χ4n) is 5.53. The summed E-state index contributed by atoms with van der Waals surface area (Å²) in [6.07, 6.45) is 3.11. The van der Waals surface area contributed by atoms with Gasteiger partial charge < -0.3 is 4.74 Å². The molecule has 1 heterocycles. The Morgan fingerprint density at radius 3 is 1.11 bits per heavy atom. The number of hydrogen-bond donors (Lipinski definition) is 0. The minimum absolute atomic E-state index is 0.163. The summed E-state index contributed by atoms with van der Waals surface area (Å²) in [5.74, 6) is 5.30. The highest BCUT2D eigenvalue weighted by molar-refractivity contribution is 5.29. The summed E-state index contributed by atoms with van der Waals surface area (Å²) in [6.45, 7) is 36.8. The lowest BCUT2D eigenvalue weighted by Gasteiger charge is -2.05. The van der Waals surface area contributed by atoms with Crippen molar-refractivity contribution in [2.24, 2.45) is 11.8 Å². The molecule has 0 amide bonds. The van der Waals surface area contributed by atoms with E-state index in [9.17, 15) is 4.39 Å². The van der Waals surface area contributed by atoms with Crippen LogP contribution in [0, 0.1) is 31.5 Å². The zero-order valence-corrected chi connectivity index (χ0v) is 43.4. The smallest absolute Gasteiger partial charge is 0.123 e. The molecule has 5 aromatic carbocycles. The second-order valence-corrected chi connectivity index (χ2v) is 19.0.